The van der Waals surface area contributed by atoms with Crippen molar-refractivity contribution in [2.24, 2.45) is 23.7 Å². The molecule has 0 spiro atoms. The number of rotatable bonds is 69. The molecule has 17 nitrogen and oxygen atoms in total. The molecule has 3 unspecified atom stereocenters. The average Bonchev–Trinajstić information content (AvgIpc) is 3.27. The standard InChI is InChI=1S/C72H140O17P2/c1-62(2)48-40-32-24-17-15-13-11-9-10-12-14-16-18-29-38-46-54-71(76)88-68(59-83-70(75)53-45-37-31-23-27-35-43-51-65(7)8)61-87-91(80,81)85-57-66(73)56-84-90(78,79)86-60-67(89-72(77)55-47-39-30-22-20-26-34-42-50-64(5)6)58-82-69(74)52-44-36-28-21-19-25-33-41-49-63(3)4/h62-68,73H,9-61H2,1-8H3,(H,78,79)(H,80,81)/t66?,67-,68-/m1/s1. The molecular weight excluding hydrogens is 1200 g/mol. The number of carbonyl (C=O) groups is 4. The number of esters is 4. The summed E-state index contributed by atoms with van der Waals surface area (Å²) in [5.41, 5.74) is 0. The lowest BCUT2D eigenvalue weighted by Gasteiger charge is -2.21. The first-order valence-electron chi connectivity index (χ1n) is 37.2. The van der Waals surface area contributed by atoms with Crippen LogP contribution in [0.25, 0.3) is 0 Å². The van der Waals surface area contributed by atoms with Gasteiger partial charge in [-0.05, 0) is 49.4 Å². The van der Waals surface area contributed by atoms with E-state index in [4.69, 9.17) is 37.0 Å². The van der Waals surface area contributed by atoms with Gasteiger partial charge in [-0.2, -0.15) is 0 Å². The predicted octanol–water partition coefficient (Wildman–Crippen LogP) is 20.5. The van der Waals surface area contributed by atoms with Crippen LogP contribution < -0.4 is 0 Å². The summed E-state index contributed by atoms with van der Waals surface area (Å²) in [6, 6.07) is 0. The molecule has 0 fully saturated rings. The van der Waals surface area contributed by atoms with Crippen LogP contribution in [-0.2, 0) is 65.4 Å². The zero-order chi connectivity index (χ0) is 67.5. The number of carbonyl (C=O) groups excluding carboxylic acids is 4. The summed E-state index contributed by atoms with van der Waals surface area (Å²) in [7, 11) is -9.90. The van der Waals surface area contributed by atoms with Crippen LogP contribution in [0, 0.1) is 23.7 Å². The Balaban J connectivity index is 5.20. The van der Waals surface area contributed by atoms with Gasteiger partial charge in [-0.15, -0.1) is 0 Å². The Bertz CT molecular complexity index is 1800. The third-order valence-electron chi connectivity index (χ3n) is 16.6. The lowest BCUT2D eigenvalue weighted by molar-refractivity contribution is -0.161. The van der Waals surface area contributed by atoms with Gasteiger partial charge in [-0.25, -0.2) is 9.13 Å². The highest BCUT2D eigenvalue weighted by Crippen LogP contribution is 2.45. The quantitative estimate of drug-likeness (QED) is 0.0222. The van der Waals surface area contributed by atoms with E-state index in [9.17, 15) is 43.2 Å². The summed E-state index contributed by atoms with van der Waals surface area (Å²) < 4.78 is 68.3. The molecule has 0 amide bonds. The van der Waals surface area contributed by atoms with Crippen LogP contribution in [0.5, 0.6) is 0 Å². The van der Waals surface area contributed by atoms with E-state index in [1.807, 2.05) is 0 Å². The minimum Gasteiger partial charge on any atom is -0.462 e. The summed E-state index contributed by atoms with van der Waals surface area (Å²) in [6.45, 7) is 14.1. The third kappa shape index (κ3) is 66.5. The molecule has 0 rings (SSSR count). The molecule has 19 heteroatoms. The summed E-state index contributed by atoms with van der Waals surface area (Å²) in [4.78, 5) is 72.6. The van der Waals surface area contributed by atoms with Gasteiger partial charge in [-0.1, -0.05) is 306 Å². The van der Waals surface area contributed by atoms with Gasteiger partial charge >= 0.3 is 39.5 Å². The molecule has 0 aromatic heterocycles. The van der Waals surface area contributed by atoms with Crippen molar-refractivity contribution in [1.82, 2.24) is 0 Å². The smallest absolute Gasteiger partial charge is 0.462 e. The number of phosphoric acid groups is 2. The first-order valence-corrected chi connectivity index (χ1v) is 40.2. The van der Waals surface area contributed by atoms with Gasteiger partial charge in [0.1, 0.15) is 19.3 Å². The van der Waals surface area contributed by atoms with Gasteiger partial charge in [0.25, 0.3) is 0 Å². The molecular formula is C72H140O17P2. The molecule has 0 aliphatic heterocycles. The van der Waals surface area contributed by atoms with E-state index in [2.05, 4.69) is 55.4 Å². The number of hydrogen-bond donors (Lipinski definition) is 3. The summed E-state index contributed by atoms with van der Waals surface area (Å²) >= 11 is 0. The topological polar surface area (TPSA) is 237 Å². The monoisotopic (exact) mass is 1340 g/mol. The second kappa shape index (κ2) is 61.6. The fraction of sp³-hybridized carbons (Fsp3) is 0.944. The maximum Gasteiger partial charge on any atom is 0.472 e. The van der Waals surface area contributed by atoms with Crippen molar-refractivity contribution in [3.05, 3.63) is 0 Å². The second-order valence-electron chi connectivity index (χ2n) is 27.9. The molecule has 3 N–H and O–H groups in total. The SMILES string of the molecule is CC(C)CCCCCCCCCCCCCCCCCCC(=O)O[C@H](COC(=O)CCCCCCCCCC(C)C)COP(=O)(O)OCC(O)COP(=O)(O)OC[C@@H](COC(=O)CCCCCCCCCCC(C)C)OC(=O)CCCCCCCCCCC(C)C. The number of unbranched alkanes of at least 4 members (excludes halogenated alkanes) is 35. The molecule has 0 aliphatic carbocycles. The van der Waals surface area contributed by atoms with Crippen molar-refractivity contribution in [2.45, 2.75) is 375 Å². The molecule has 0 aromatic rings. The van der Waals surface area contributed by atoms with E-state index >= 15 is 0 Å². The van der Waals surface area contributed by atoms with Gasteiger partial charge < -0.3 is 33.8 Å². The van der Waals surface area contributed by atoms with Gasteiger partial charge in [0.15, 0.2) is 12.2 Å². The Morgan fingerprint density at radius 3 is 0.681 bits per heavy atom. The number of hydrogen-bond acceptors (Lipinski definition) is 15. The van der Waals surface area contributed by atoms with Gasteiger partial charge in [0.05, 0.1) is 26.4 Å². The molecule has 5 atom stereocenters. The molecule has 0 heterocycles. The van der Waals surface area contributed by atoms with Crippen LogP contribution >= 0.6 is 15.6 Å². The van der Waals surface area contributed by atoms with Crippen molar-refractivity contribution in [1.29, 1.82) is 0 Å². The fourth-order valence-electron chi connectivity index (χ4n) is 10.8. The number of phosphoric ester groups is 2. The van der Waals surface area contributed by atoms with Crippen LogP contribution in [0.2, 0.25) is 0 Å². The van der Waals surface area contributed by atoms with E-state index in [1.54, 1.807) is 0 Å². The highest BCUT2D eigenvalue weighted by Gasteiger charge is 2.30. The van der Waals surface area contributed by atoms with Gasteiger partial charge in [0, 0.05) is 25.7 Å². The van der Waals surface area contributed by atoms with Crippen LogP contribution in [0.3, 0.4) is 0 Å². The maximum atomic E-state index is 13.0. The maximum absolute atomic E-state index is 13.0. The van der Waals surface area contributed by atoms with E-state index < -0.39 is 97.5 Å². The van der Waals surface area contributed by atoms with Crippen molar-refractivity contribution in [3.63, 3.8) is 0 Å². The number of aliphatic hydroxyl groups is 1. The zero-order valence-corrected chi connectivity index (χ0v) is 61.3. The first kappa shape index (κ1) is 89.1. The lowest BCUT2D eigenvalue weighted by Crippen LogP contribution is -2.30. The highest BCUT2D eigenvalue weighted by atomic mass is 31.2. The van der Waals surface area contributed by atoms with E-state index in [1.165, 1.54) is 154 Å². The molecule has 0 radical (unpaired) electrons. The van der Waals surface area contributed by atoms with Crippen LogP contribution in [0.15, 0.2) is 0 Å². The Morgan fingerprint density at radius 2 is 0.462 bits per heavy atom. The van der Waals surface area contributed by atoms with Crippen molar-refractivity contribution in [3.8, 4) is 0 Å². The molecule has 0 bridgehead atoms. The summed E-state index contributed by atoms with van der Waals surface area (Å²) in [5.74, 6) is 0.829. The Kier molecular flexibility index (Phi) is 60.3. The van der Waals surface area contributed by atoms with Crippen LogP contribution in [0.1, 0.15) is 357 Å². The zero-order valence-electron chi connectivity index (χ0n) is 59.5. The number of aliphatic hydroxyl groups excluding tert-OH is 1. The number of ether oxygens (including phenoxy) is 4. The average molecular weight is 1340 g/mol. The largest absolute Gasteiger partial charge is 0.472 e. The van der Waals surface area contributed by atoms with Crippen molar-refractivity contribution >= 4 is 39.5 Å². The fourth-order valence-corrected chi connectivity index (χ4v) is 12.4. The normalized spacial score (nSPS) is 14.2. The summed E-state index contributed by atoms with van der Waals surface area (Å²) in [5, 5.41) is 10.6. The van der Waals surface area contributed by atoms with Crippen LogP contribution in [-0.4, -0.2) is 96.7 Å². The molecule has 0 saturated carbocycles. The molecule has 540 valence electrons. The Morgan fingerprint density at radius 1 is 0.275 bits per heavy atom. The second-order valence-corrected chi connectivity index (χ2v) is 30.8. The van der Waals surface area contributed by atoms with E-state index in [-0.39, 0.29) is 25.7 Å². The van der Waals surface area contributed by atoms with E-state index in [0.717, 1.165) is 114 Å². The van der Waals surface area contributed by atoms with Gasteiger partial charge in [0.2, 0.25) is 0 Å². The first-order chi connectivity index (χ1) is 43.6. The minimum atomic E-state index is -4.95. The molecule has 91 heavy (non-hydrogen) atoms. The molecule has 0 aromatic carbocycles. The van der Waals surface area contributed by atoms with Crippen molar-refractivity contribution in [2.75, 3.05) is 39.6 Å². The Labute approximate surface area is 556 Å². The molecule has 0 saturated heterocycles. The summed E-state index contributed by atoms with van der Waals surface area (Å²) in [6.07, 6.45) is 44.7. The minimum absolute atomic E-state index is 0.103. The highest BCUT2D eigenvalue weighted by molar-refractivity contribution is 7.47. The lowest BCUT2D eigenvalue weighted by atomic mass is 10.0. The van der Waals surface area contributed by atoms with Crippen molar-refractivity contribution < 1.29 is 80.2 Å². The predicted molar refractivity (Wildman–Crippen MR) is 367 cm³/mol. The van der Waals surface area contributed by atoms with Gasteiger partial charge in [-0.3, -0.25) is 37.3 Å². The van der Waals surface area contributed by atoms with E-state index in [0.29, 0.717) is 31.6 Å². The molecule has 0 aliphatic rings. The van der Waals surface area contributed by atoms with Crippen LogP contribution in [0.4, 0.5) is 0 Å². The Hall–Kier alpha value is -1.94. The third-order valence-corrected chi connectivity index (χ3v) is 18.5.